The second kappa shape index (κ2) is 7.88. The van der Waals surface area contributed by atoms with Gasteiger partial charge in [0.15, 0.2) is 11.6 Å². The summed E-state index contributed by atoms with van der Waals surface area (Å²) in [7, 11) is 1.56. The van der Waals surface area contributed by atoms with Gasteiger partial charge in [0, 0.05) is 17.1 Å². The number of halogens is 2. The van der Waals surface area contributed by atoms with E-state index in [1.165, 1.54) is 18.2 Å². The molecule has 0 N–H and O–H groups in total. The number of benzene rings is 2. The fourth-order valence-electron chi connectivity index (χ4n) is 1.81. The largest absolute Gasteiger partial charge is 0.496 e. The molecule has 0 aliphatic carbocycles. The van der Waals surface area contributed by atoms with Gasteiger partial charge in [0.05, 0.1) is 13.7 Å². The molecule has 0 amide bonds. The molecule has 2 aromatic carbocycles. The molecule has 112 valence electrons. The first kappa shape index (κ1) is 15.6. The van der Waals surface area contributed by atoms with Gasteiger partial charge in [0.2, 0.25) is 0 Å². The van der Waals surface area contributed by atoms with Gasteiger partial charge in [0.1, 0.15) is 11.6 Å². The monoisotopic (exact) mass is 310 g/mol. The van der Waals surface area contributed by atoms with Gasteiger partial charge in [-0.3, -0.25) is 0 Å². The maximum absolute atomic E-state index is 13.3. The van der Waals surface area contributed by atoms with Gasteiger partial charge in [-0.05, 0) is 30.3 Å². The van der Waals surface area contributed by atoms with Crippen molar-refractivity contribution in [2.24, 2.45) is 0 Å². The summed E-state index contributed by atoms with van der Waals surface area (Å²) < 4.78 is 37.0. The molecule has 0 heterocycles. The van der Waals surface area contributed by atoms with Gasteiger partial charge in [0.25, 0.3) is 0 Å². The Morgan fingerprint density at radius 1 is 1.05 bits per heavy atom. The minimum atomic E-state index is -0.366. The average Bonchev–Trinajstić information content (AvgIpc) is 2.49. The third-order valence-electron chi connectivity index (χ3n) is 2.82. The zero-order chi connectivity index (χ0) is 15.1. The molecular weight excluding hydrogens is 294 g/mol. The van der Waals surface area contributed by atoms with Gasteiger partial charge < -0.3 is 9.47 Å². The van der Waals surface area contributed by atoms with Crippen LogP contribution in [0.2, 0.25) is 0 Å². The highest BCUT2D eigenvalue weighted by atomic mass is 32.2. The summed E-state index contributed by atoms with van der Waals surface area (Å²) in [6.07, 6.45) is 0. The van der Waals surface area contributed by atoms with E-state index in [9.17, 15) is 8.78 Å². The number of para-hydroxylation sites is 1. The van der Waals surface area contributed by atoms with Crippen LogP contribution in [0.1, 0.15) is 5.56 Å². The number of thioether (sulfide) groups is 1. The molecule has 5 heteroatoms. The van der Waals surface area contributed by atoms with Gasteiger partial charge in [-0.25, -0.2) is 8.78 Å². The predicted octanol–water partition coefficient (Wildman–Crippen LogP) is 4.29. The molecule has 0 unspecified atom stereocenters. The van der Waals surface area contributed by atoms with Crippen LogP contribution >= 0.6 is 11.8 Å². The molecule has 0 aliphatic heterocycles. The van der Waals surface area contributed by atoms with Gasteiger partial charge >= 0.3 is 0 Å². The highest BCUT2D eigenvalue weighted by molar-refractivity contribution is 7.98. The maximum Gasteiger partial charge on any atom is 0.165 e. The Balaban J connectivity index is 1.78. The van der Waals surface area contributed by atoms with E-state index in [-0.39, 0.29) is 17.4 Å². The van der Waals surface area contributed by atoms with Crippen molar-refractivity contribution >= 4 is 11.8 Å². The molecule has 2 aromatic rings. The molecule has 0 aliphatic rings. The fraction of sp³-hybridized carbons (Fsp3) is 0.250. The molecule has 0 atom stereocenters. The Morgan fingerprint density at radius 3 is 2.62 bits per heavy atom. The van der Waals surface area contributed by atoms with Crippen molar-refractivity contribution in [2.75, 3.05) is 19.5 Å². The number of methoxy groups -OCH3 is 1. The Morgan fingerprint density at radius 2 is 1.86 bits per heavy atom. The van der Waals surface area contributed by atoms with Crippen LogP contribution < -0.4 is 9.47 Å². The summed E-state index contributed by atoms with van der Waals surface area (Å²) in [5.41, 5.74) is 0.799. The van der Waals surface area contributed by atoms with E-state index in [1.807, 2.05) is 0 Å². The first-order valence-electron chi connectivity index (χ1n) is 6.48. The quantitative estimate of drug-likeness (QED) is 0.711. The highest BCUT2D eigenvalue weighted by Crippen LogP contribution is 2.24. The minimum Gasteiger partial charge on any atom is -0.496 e. The Kier molecular flexibility index (Phi) is 5.87. The third-order valence-corrected chi connectivity index (χ3v) is 3.79. The summed E-state index contributed by atoms with van der Waals surface area (Å²) in [5.74, 6) is 1.55. The van der Waals surface area contributed by atoms with Crippen LogP contribution in [0.4, 0.5) is 8.78 Å². The van der Waals surface area contributed by atoms with Crippen molar-refractivity contribution in [2.45, 2.75) is 5.75 Å². The molecule has 0 bridgehead atoms. The van der Waals surface area contributed by atoms with E-state index in [0.29, 0.717) is 23.9 Å². The second-order valence-electron chi connectivity index (χ2n) is 4.29. The topological polar surface area (TPSA) is 18.5 Å². The van der Waals surface area contributed by atoms with Crippen molar-refractivity contribution in [1.82, 2.24) is 0 Å². The summed E-state index contributed by atoms with van der Waals surface area (Å²) in [4.78, 5) is 0. The standard InChI is InChI=1S/C16H16F2O2S/c1-19-15-7-6-13(17)10-12(15)11-21-9-8-20-16-5-3-2-4-14(16)18/h2-7,10H,8-9,11H2,1H3. The molecule has 21 heavy (non-hydrogen) atoms. The summed E-state index contributed by atoms with van der Waals surface area (Å²) >= 11 is 1.58. The first-order valence-corrected chi connectivity index (χ1v) is 7.63. The smallest absolute Gasteiger partial charge is 0.165 e. The third kappa shape index (κ3) is 4.63. The van der Waals surface area contributed by atoms with Crippen LogP contribution in [0.3, 0.4) is 0 Å². The summed E-state index contributed by atoms with van der Waals surface area (Å²) in [6.45, 7) is 0.392. The molecular formula is C16H16F2O2S. The summed E-state index contributed by atoms with van der Waals surface area (Å²) in [5, 5.41) is 0. The van der Waals surface area contributed by atoms with E-state index in [4.69, 9.17) is 9.47 Å². The predicted molar refractivity (Wildman–Crippen MR) is 81.0 cm³/mol. The normalized spacial score (nSPS) is 10.4. The Hall–Kier alpha value is -1.75. The molecule has 0 radical (unpaired) electrons. The van der Waals surface area contributed by atoms with Crippen LogP contribution in [0.5, 0.6) is 11.5 Å². The lowest BCUT2D eigenvalue weighted by Crippen LogP contribution is -2.02. The van der Waals surface area contributed by atoms with Crippen LogP contribution in [0, 0.1) is 11.6 Å². The zero-order valence-electron chi connectivity index (χ0n) is 11.6. The highest BCUT2D eigenvalue weighted by Gasteiger charge is 2.05. The van der Waals surface area contributed by atoms with E-state index < -0.39 is 0 Å². The van der Waals surface area contributed by atoms with Crippen molar-refractivity contribution in [1.29, 1.82) is 0 Å². The van der Waals surface area contributed by atoms with Gasteiger partial charge in [-0.1, -0.05) is 12.1 Å². The fourth-order valence-corrected chi connectivity index (χ4v) is 2.61. The number of ether oxygens (including phenoxy) is 2. The van der Waals surface area contributed by atoms with Crippen LogP contribution in [0.25, 0.3) is 0 Å². The van der Waals surface area contributed by atoms with E-state index >= 15 is 0 Å². The van der Waals surface area contributed by atoms with E-state index in [0.717, 1.165) is 5.56 Å². The molecule has 0 spiro atoms. The molecule has 0 saturated heterocycles. The van der Waals surface area contributed by atoms with Crippen LogP contribution in [-0.2, 0) is 5.75 Å². The molecule has 0 aromatic heterocycles. The second-order valence-corrected chi connectivity index (χ2v) is 5.39. The lowest BCUT2D eigenvalue weighted by atomic mass is 10.2. The molecule has 2 rings (SSSR count). The summed E-state index contributed by atoms with van der Waals surface area (Å²) in [6, 6.07) is 10.7. The number of hydrogen-bond donors (Lipinski definition) is 0. The lowest BCUT2D eigenvalue weighted by Gasteiger charge is -2.09. The molecule has 0 fully saturated rings. The van der Waals surface area contributed by atoms with Crippen molar-refractivity contribution in [3.63, 3.8) is 0 Å². The van der Waals surface area contributed by atoms with Crippen LogP contribution in [0.15, 0.2) is 42.5 Å². The zero-order valence-corrected chi connectivity index (χ0v) is 12.5. The van der Waals surface area contributed by atoms with E-state index in [2.05, 4.69) is 0 Å². The number of hydrogen-bond acceptors (Lipinski definition) is 3. The molecule has 2 nitrogen and oxygen atoms in total. The Labute approximate surface area is 127 Å². The first-order chi connectivity index (χ1) is 10.2. The number of rotatable bonds is 7. The SMILES string of the molecule is COc1ccc(F)cc1CSCCOc1ccccc1F. The lowest BCUT2D eigenvalue weighted by molar-refractivity contribution is 0.325. The average molecular weight is 310 g/mol. The van der Waals surface area contributed by atoms with Crippen molar-refractivity contribution in [3.05, 3.63) is 59.7 Å². The maximum atomic E-state index is 13.3. The van der Waals surface area contributed by atoms with E-state index in [1.54, 1.807) is 43.1 Å². The van der Waals surface area contributed by atoms with Gasteiger partial charge in [-0.15, -0.1) is 0 Å². The minimum absolute atomic E-state index is 0.251. The van der Waals surface area contributed by atoms with Crippen molar-refractivity contribution in [3.8, 4) is 11.5 Å². The van der Waals surface area contributed by atoms with Crippen molar-refractivity contribution < 1.29 is 18.3 Å². The van der Waals surface area contributed by atoms with Gasteiger partial charge in [-0.2, -0.15) is 11.8 Å². The Bertz CT molecular complexity index is 590. The van der Waals surface area contributed by atoms with Crippen LogP contribution in [-0.4, -0.2) is 19.5 Å². The molecule has 0 saturated carbocycles.